The Kier molecular flexibility index (Phi) is 4.78. The summed E-state index contributed by atoms with van der Waals surface area (Å²) in [5.74, 6) is 2.45. The van der Waals surface area contributed by atoms with Crippen molar-refractivity contribution in [2.75, 3.05) is 5.32 Å². The van der Waals surface area contributed by atoms with E-state index in [0.717, 1.165) is 43.3 Å². The number of hydrogen-bond acceptors (Lipinski definition) is 5. The van der Waals surface area contributed by atoms with Crippen LogP contribution in [0.5, 0.6) is 0 Å². The van der Waals surface area contributed by atoms with Crippen LogP contribution in [0.15, 0.2) is 18.3 Å². The van der Waals surface area contributed by atoms with Crippen LogP contribution in [-0.4, -0.2) is 31.7 Å². The fourth-order valence-corrected chi connectivity index (χ4v) is 2.90. The summed E-state index contributed by atoms with van der Waals surface area (Å²) in [4.78, 5) is 16.7. The van der Waals surface area contributed by atoms with Crippen molar-refractivity contribution in [2.24, 2.45) is 0 Å². The van der Waals surface area contributed by atoms with E-state index in [0.29, 0.717) is 11.6 Å². The molecule has 1 atom stereocenters. The van der Waals surface area contributed by atoms with Gasteiger partial charge in [0.1, 0.15) is 11.6 Å². The van der Waals surface area contributed by atoms with E-state index in [-0.39, 0.29) is 11.9 Å². The van der Waals surface area contributed by atoms with E-state index < -0.39 is 0 Å². The zero-order valence-corrected chi connectivity index (χ0v) is 14.4. The second-order valence-corrected chi connectivity index (χ2v) is 6.51. The third-order valence-electron chi connectivity index (χ3n) is 4.09. The van der Waals surface area contributed by atoms with Crippen LogP contribution in [0.4, 0.5) is 5.82 Å². The number of anilines is 1. The third kappa shape index (κ3) is 3.55. The van der Waals surface area contributed by atoms with Crippen molar-refractivity contribution < 1.29 is 4.79 Å². The molecule has 128 valence electrons. The van der Waals surface area contributed by atoms with Crippen LogP contribution in [0.25, 0.3) is 0 Å². The molecule has 7 nitrogen and oxygen atoms in total. The molecule has 3 rings (SSSR count). The second kappa shape index (κ2) is 6.98. The van der Waals surface area contributed by atoms with E-state index in [1.165, 1.54) is 0 Å². The summed E-state index contributed by atoms with van der Waals surface area (Å²) < 4.78 is 2.13. The third-order valence-corrected chi connectivity index (χ3v) is 4.09. The summed E-state index contributed by atoms with van der Waals surface area (Å²) in [7, 11) is 0. The lowest BCUT2D eigenvalue weighted by Crippen LogP contribution is -2.29. The van der Waals surface area contributed by atoms with Gasteiger partial charge < -0.3 is 15.2 Å². The van der Waals surface area contributed by atoms with Gasteiger partial charge in [-0.15, -0.1) is 10.2 Å². The quantitative estimate of drug-likeness (QED) is 0.880. The number of carbonyl (C=O) groups excluding carboxylic acids is 1. The first-order chi connectivity index (χ1) is 11.5. The number of amides is 1. The summed E-state index contributed by atoms with van der Waals surface area (Å²) in [5, 5.41) is 14.7. The number of carbonyl (C=O) groups is 1. The van der Waals surface area contributed by atoms with E-state index in [4.69, 9.17) is 0 Å². The van der Waals surface area contributed by atoms with Crippen molar-refractivity contribution in [2.45, 2.75) is 58.7 Å². The predicted octanol–water partition coefficient (Wildman–Crippen LogP) is 2.32. The Labute approximate surface area is 141 Å². The van der Waals surface area contributed by atoms with E-state index in [1.54, 1.807) is 12.3 Å². The van der Waals surface area contributed by atoms with Gasteiger partial charge in [-0.2, -0.15) is 0 Å². The number of hydrogen-bond donors (Lipinski definition) is 2. The van der Waals surface area contributed by atoms with Gasteiger partial charge in [0.15, 0.2) is 5.82 Å². The standard InChI is InChI=1S/C17H24N6O/c1-11(2)19-14-8-7-13(10-18-14)17(24)20-12(3)16-22-21-15-6-4-5-9-23(15)16/h7-8,10-12H,4-6,9H2,1-3H3,(H,18,19)(H,20,24). The van der Waals surface area contributed by atoms with Crippen LogP contribution in [-0.2, 0) is 13.0 Å². The summed E-state index contributed by atoms with van der Waals surface area (Å²) in [6.45, 7) is 6.95. The fraction of sp³-hybridized carbons (Fsp3) is 0.529. The molecule has 0 spiro atoms. The van der Waals surface area contributed by atoms with E-state index in [9.17, 15) is 4.79 Å². The SMILES string of the molecule is CC(C)Nc1ccc(C(=O)NC(C)c2nnc3n2CCCC3)cn1. The van der Waals surface area contributed by atoms with Gasteiger partial charge in [-0.1, -0.05) is 0 Å². The number of rotatable bonds is 5. The number of aromatic nitrogens is 4. The molecule has 2 aromatic rings. The molecule has 0 saturated heterocycles. The van der Waals surface area contributed by atoms with Crippen molar-refractivity contribution in [1.82, 2.24) is 25.1 Å². The lowest BCUT2D eigenvalue weighted by Gasteiger charge is -2.18. The van der Waals surface area contributed by atoms with Gasteiger partial charge in [-0.3, -0.25) is 4.79 Å². The molecule has 1 aliphatic rings. The number of aryl methyl sites for hydroxylation is 1. The first-order valence-corrected chi connectivity index (χ1v) is 8.50. The Morgan fingerprint density at radius 3 is 2.75 bits per heavy atom. The Morgan fingerprint density at radius 2 is 2.04 bits per heavy atom. The highest BCUT2D eigenvalue weighted by molar-refractivity contribution is 5.94. The van der Waals surface area contributed by atoms with Gasteiger partial charge >= 0.3 is 0 Å². The average Bonchev–Trinajstić information content (AvgIpc) is 2.99. The molecule has 0 saturated carbocycles. The van der Waals surface area contributed by atoms with Crippen LogP contribution in [0.3, 0.4) is 0 Å². The van der Waals surface area contributed by atoms with Crippen LogP contribution < -0.4 is 10.6 Å². The zero-order valence-electron chi connectivity index (χ0n) is 14.4. The number of fused-ring (bicyclic) bond motifs is 1. The highest BCUT2D eigenvalue weighted by atomic mass is 16.1. The molecular formula is C17H24N6O. The minimum Gasteiger partial charge on any atom is -0.368 e. The lowest BCUT2D eigenvalue weighted by molar-refractivity contribution is 0.0937. The molecule has 0 aromatic carbocycles. The maximum Gasteiger partial charge on any atom is 0.253 e. The van der Waals surface area contributed by atoms with Crippen LogP contribution in [0.2, 0.25) is 0 Å². The minimum absolute atomic E-state index is 0.153. The van der Waals surface area contributed by atoms with E-state index >= 15 is 0 Å². The van der Waals surface area contributed by atoms with Gasteiger partial charge in [0, 0.05) is 25.2 Å². The molecule has 1 aliphatic heterocycles. The van der Waals surface area contributed by atoms with E-state index in [2.05, 4.69) is 30.4 Å². The van der Waals surface area contributed by atoms with Gasteiger partial charge in [0.25, 0.3) is 5.91 Å². The maximum absolute atomic E-state index is 12.4. The van der Waals surface area contributed by atoms with Gasteiger partial charge in [-0.05, 0) is 45.7 Å². The summed E-state index contributed by atoms with van der Waals surface area (Å²) >= 11 is 0. The fourth-order valence-electron chi connectivity index (χ4n) is 2.90. The zero-order chi connectivity index (χ0) is 17.1. The molecule has 1 unspecified atom stereocenters. The van der Waals surface area contributed by atoms with Crippen molar-refractivity contribution in [3.8, 4) is 0 Å². The summed E-state index contributed by atoms with van der Waals surface area (Å²) in [6.07, 6.45) is 4.84. The highest BCUT2D eigenvalue weighted by Gasteiger charge is 2.21. The van der Waals surface area contributed by atoms with Crippen LogP contribution in [0.1, 0.15) is 61.7 Å². The maximum atomic E-state index is 12.4. The van der Waals surface area contributed by atoms with Gasteiger partial charge in [0.05, 0.1) is 11.6 Å². The Hall–Kier alpha value is -2.44. The monoisotopic (exact) mass is 328 g/mol. The number of nitrogens with one attached hydrogen (secondary N) is 2. The van der Waals surface area contributed by atoms with Crippen molar-refractivity contribution in [3.63, 3.8) is 0 Å². The summed E-state index contributed by atoms with van der Waals surface area (Å²) in [5.41, 5.74) is 0.537. The molecule has 2 N–H and O–H groups in total. The van der Waals surface area contributed by atoms with Crippen molar-refractivity contribution in [1.29, 1.82) is 0 Å². The second-order valence-electron chi connectivity index (χ2n) is 6.51. The van der Waals surface area contributed by atoms with E-state index in [1.807, 2.05) is 26.8 Å². The highest BCUT2D eigenvalue weighted by Crippen LogP contribution is 2.19. The smallest absolute Gasteiger partial charge is 0.253 e. The lowest BCUT2D eigenvalue weighted by atomic mass is 10.1. The van der Waals surface area contributed by atoms with Gasteiger partial charge in [-0.25, -0.2) is 4.98 Å². The largest absolute Gasteiger partial charge is 0.368 e. The topological polar surface area (TPSA) is 84.7 Å². The molecular weight excluding hydrogens is 304 g/mol. The molecule has 0 aliphatic carbocycles. The number of pyridine rings is 1. The molecule has 1 amide bonds. The molecule has 7 heteroatoms. The minimum atomic E-state index is -0.190. The Balaban J connectivity index is 1.67. The van der Waals surface area contributed by atoms with Crippen LogP contribution in [0, 0.1) is 0 Å². The molecule has 2 aromatic heterocycles. The molecule has 3 heterocycles. The predicted molar refractivity (Wildman–Crippen MR) is 91.8 cm³/mol. The van der Waals surface area contributed by atoms with Crippen LogP contribution >= 0.6 is 0 Å². The Bertz CT molecular complexity index is 706. The molecule has 0 fully saturated rings. The average molecular weight is 328 g/mol. The normalized spacial score (nSPS) is 15.0. The Morgan fingerprint density at radius 1 is 1.21 bits per heavy atom. The van der Waals surface area contributed by atoms with Gasteiger partial charge in [0.2, 0.25) is 0 Å². The first-order valence-electron chi connectivity index (χ1n) is 8.50. The van der Waals surface area contributed by atoms with Crippen molar-refractivity contribution >= 4 is 11.7 Å². The molecule has 0 radical (unpaired) electrons. The number of nitrogens with zero attached hydrogens (tertiary/aromatic N) is 4. The van der Waals surface area contributed by atoms with Crippen molar-refractivity contribution in [3.05, 3.63) is 35.5 Å². The molecule has 24 heavy (non-hydrogen) atoms. The molecule has 0 bridgehead atoms. The first kappa shape index (κ1) is 16.4. The summed E-state index contributed by atoms with van der Waals surface area (Å²) in [6, 6.07) is 3.71.